The monoisotopic (exact) mass is 1490 g/mol. The van der Waals surface area contributed by atoms with Crippen molar-refractivity contribution >= 4 is 111 Å². The second-order valence-corrected chi connectivity index (χ2v) is 26.5. The van der Waals surface area contributed by atoms with Crippen molar-refractivity contribution in [3.8, 4) is 11.5 Å². The molecule has 11 atom stereocenters. The minimum atomic E-state index is -1.82. The van der Waals surface area contributed by atoms with E-state index >= 15 is 9.59 Å². The number of amides is 14. The molecule has 0 radical (unpaired) electrons. The Morgan fingerprint density at radius 2 is 1.06 bits per heavy atom. The summed E-state index contributed by atoms with van der Waals surface area (Å²) < 4.78 is 0. The van der Waals surface area contributed by atoms with Gasteiger partial charge in [0.05, 0.1) is 32.0 Å². The van der Waals surface area contributed by atoms with Gasteiger partial charge in [0.1, 0.15) is 71.9 Å². The Balaban J connectivity index is 1.45. The van der Waals surface area contributed by atoms with Gasteiger partial charge in [-0.25, -0.2) is 4.79 Å². The lowest BCUT2D eigenvalue weighted by Gasteiger charge is -2.31. The van der Waals surface area contributed by atoms with Crippen molar-refractivity contribution in [1.29, 1.82) is 0 Å². The number of fused-ring (bicyclic) bond motifs is 1. The summed E-state index contributed by atoms with van der Waals surface area (Å²) in [7, 11) is 0. The summed E-state index contributed by atoms with van der Waals surface area (Å²) in [5, 5.41) is 65.4. The van der Waals surface area contributed by atoms with Gasteiger partial charge in [0.2, 0.25) is 82.7 Å². The van der Waals surface area contributed by atoms with Crippen LogP contribution in [0.25, 0.3) is 10.9 Å². The lowest BCUT2D eigenvalue weighted by molar-refractivity contribution is -0.143. The molecule has 0 aliphatic carbocycles. The number of carboxylic acids is 1. The number of carbonyl (C=O) groups is 15. The number of nitrogens with zero attached hydrogens (tertiary/aromatic N) is 1. The molecule has 0 bridgehead atoms. The van der Waals surface area contributed by atoms with Gasteiger partial charge in [-0.05, 0) is 116 Å². The molecule has 0 saturated carbocycles. The average molecular weight is 1490 g/mol. The number of aliphatic hydroxyl groups excluding tert-OH is 1. The lowest BCUT2D eigenvalue weighted by atomic mass is 10.0. The number of para-hydroxylation sites is 1. The summed E-state index contributed by atoms with van der Waals surface area (Å²) in [5.41, 5.74) is 29.6. The lowest BCUT2D eigenvalue weighted by Crippen LogP contribution is -2.61. The highest BCUT2D eigenvalue weighted by Crippen LogP contribution is 2.23. The quantitative estimate of drug-likeness (QED) is 0.0184. The van der Waals surface area contributed by atoms with E-state index in [1.165, 1.54) is 60.3 Å². The second kappa shape index (κ2) is 42.0. The zero-order valence-electron chi connectivity index (χ0n) is 58.3. The molecular formula is C68H95N17O19S. The molecule has 5 rings (SSSR count). The van der Waals surface area contributed by atoms with Crippen molar-refractivity contribution in [1.82, 2.24) is 63.1 Å². The number of nitrogens with one attached hydrogen (secondary N) is 11. The Morgan fingerprint density at radius 1 is 0.562 bits per heavy atom. The van der Waals surface area contributed by atoms with E-state index in [4.69, 9.17) is 28.7 Å². The number of likely N-dealkylation sites (tertiary alicyclic amines) is 1. The number of aliphatic carboxylic acids is 1. The maximum absolute atomic E-state index is 15.1. The number of aromatic hydroxyl groups is 2. The fraction of sp³-hybridized carbons (Fsp3) is 0.485. The number of phenols is 2. The number of carbonyl (C=O) groups excluding carboxylic acids is 14. The first-order valence-corrected chi connectivity index (χ1v) is 35.3. The van der Waals surface area contributed by atoms with Crippen LogP contribution in [-0.2, 0) is 91.2 Å². The number of hydrogen-bond donors (Lipinski definition) is 20. The third-order valence-electron chi connectivity index (χ3n) is 17.0. The van der Waals surface area contributed by atoms with Crippen LogP contribution in [-0.4, -0.2) is 224 Å². The van der Waals surface area contributed by atoms with Crippen LogP contribution in [0.2, 0.25) is 0 Å². The molecule has 2 heterocycles. The van der Waals surface area contributed by atoms with Gasteiger partial charge in [-0.1, -0.05) is 56.3 Å². The molecule has 105 heavy (non-hydrogen) atoms. The first-order chi connectivity index (χ1) is 49.8. The number of aromatic nitrogens is 1. The minimum absolute atomic E-state index is 0.00681. The Bertz CT molecular complexity index is 3730. The number of aromatic amines is 1. The van der Waals surface area contributed by atoms with Gasteiger partial charge in [-0.3, -0.25) is 67.1 Å². The van der Waals surface area contributed by atoms with E-state index in [0.29, 0.717) is 34.0 Å². The smallest absolute Gasteiger partial charge is 0.326 e. The van der Waals surface area contributed by atoms with E-state index < -0.39 is 188 Å². The second-order valence-electron chi connectivity index (χ2n) is 25.5. The topological polar surface area (TPSA) is 606 Å². The van der Waals surface area contributed by atoms with Gasteiger partial charge in [0, 0.05) is 49.3 Å². The minimum Gasteiger partial charge on any atom is -0.508 e. The van der Waals surface area contributed by atoms with Gasteiger partial charge in [-0.2, -0.15) is 11.8 Å². The maximum atomic E-state index is 15.1. The number of H-pyrrole nitrogens is 1. The highest BCUT2D eigenvalue weighted by molar-refractivity contribution is 7.98. The number of hydrogen-bond acceptors (Lipinski definition) is 21. The van der Waals surface area contributed by atoms with Gasteiger partial charge in [0.15, 0.2) is 0 Å². The summed E-state index contributed by atoms with van der Waals surface area (Å²) in [4.78, 5) is 208. The molecule has 3 aromatic carbocycles. The fourth-order valence-corrected chi connectivity index (χ4v) is 11.7. The van der Waals surface area contributed by atoms with E-state index in [9.17, 15) is 82.8 Å². The molecule has 0 spiro atoms. The van der Waals surface area contributed by atoms with Crippen LogP contribution < -0.4 is 81.8 Å². The van der Waals surface area contributed by atoms with Crippen molar-refractivity contribution < 1.29 is 92.3 Å². The molecule has 0 unspecified atom stereocenters. The van der Waals surface area contributed by atoms with E-state index in [1.807, 2.05) is 5.32 Å². The van der Waals surface area contributed by atoms with Crippen LogP contribution in [0.4, 0.5) is 0 Å². The number of benzene rings is 3. The number of thioether (sulfide) groups is 1. The molecule has 1 saturated heterocycles. The largest absolute Gasteiger partial charge is 0.508 e. The molecule has 37 heteroatoms. The number of phenolic OH excluding ortho intramolecular Hbond substituents is 2. The maximum Gasteiger partial charge on any atom is 0.326 e. The molecule has 1 aliphatic rings. The van der Waals surface area contributed by atoms with Crippen LogP contribution >= 0.6 is 11.8 Å². The highest BCUT2D eigenvalue weighted by Gasteiger charge is 2.41. The third kappa shape index (κ3) is 27.3. The van der Waals surface area contributed by atoms with Crippen LogP contribution in [0, 0.1) is 5.92 Å². The predicted octanol–water partition coefficient (Wildman–Crippen LogP) is -4.96. The van der Waals surface area contributed by atoms with Gasteiger partial charge in [0.25, 0.3) is 0 Å². The highest BCUT2D eigenvalue weighted by atomic mass is 32.2. The van der Waals surface area contributed by atoms with Crippen molar-refractivity contribution in [2.24, 2.45) is 34.6 Å². The van der Waals surface area contributed by atoms with Crippen molar-refractivity contribution in [2.45, 2.75) is 164 Å². The van der Waals surface area contributed by atoms with E-state index in [0.717, 1.165) is 4.90 Å². The van der Waals surface area contributed by atoms with Crippen molar-refractivity contribution in [2.75, 3.05) is 38.2 Å². The molecule has 14 amide bonds. The molecule has 1 fully saturated rings. The number of primary amides is 3. The number of aliphatic hydroxyl groups is 1. The van der Waals surface area contributed by atoms with Crippen LogP contribution in [0.1, 0.15) is 94.7 Å². The molecule has 572 valence electrons. The molecule has 1 aromatic heterocycles. The number of nitrogens with two attached hydrogens (primary N) is 5. The van der Waals surface area contributed by atoms with E-state index in [2.05, 4.69) is 52.8 Å². The first-order valence-electron chi connectivity index (χ1n) is 33.9. The summed E-state index contributed by atoms with van der Waals surface area (Å²) in [6, 6.07) is 1.14. The summed E-state index contributed by atoms with van der Waals surface area (Å²) >= 11 is 1.27. The fourth-order valence-electron chi connectivity index (χ4n) is 11.2. The van der Waals surface area contributed by atoms with E-state index in [-0.39, 0.29) is 94.0 Å². The number of carboxylic acid groups (broad SMARTS) is 1. The Kier molecular flexibility index (Phi) is 33.9. The average Bonchev–Trinajstić information content (AvgIpc) is 1.77. The molecule has 4 aromatic rings. The Morgan fingerprint density at radius 3 is 1.59 bits per heavy atom. The summed E-state index contributed by atoms with van der Waals surface area (Å²) in [5.74, 6) is -15.8. The predicted molar refractivity (Wildman–Crippen MR) is 380 cm³/mol. The van der Waals surface area contributed by atoms with Crippen molar-refractivity contribution in [3.05, 3.63) is 95.7 Å². The zero-order chi connectivity index (χ0) is 77.6. The number of rotatable bonds is 44. The van der Waals surface area contributed by atoms with Crippen molar-refractivity contribution in [3.63, 3.8) is 0 Å². The van der Waals surface area contributed by atoms with Gasteiger partial charge >= 0.3 is 5.97 Å². The van der Waals surface area contributed by atoms with E-state index in [1.54, 1.807) is 50.6 Å². The molecule has 1 aliphatic heterocycles. The number of unbranched alkanes of at least 4 members (excludes halogenated alkanes) is 1. The standard InChI is InChI=1S/C68H95N17O19S/c1-35(2)57(73)66(101)84-51(34-86)64(99)77-43(11-6-7-24-69)59(94)79-45(21-22-53(70)89)67(102)85-25-8-12-52(85)65(100)83-47(28-37-15-19-40(88)20-16-37)62(97)80-46(27-36-13-17-39(87)18-14-36)61(96)78-44(23-26-105-3)60(95)81-48(29-38-32-74-42-10-5-4-9-41(38)42)63(98)82-49(30-54(71)90)58(93)75-33-56(92)76-50(68(103)104)31-55(72)91/h4-5,9-10,13-20,32,35,43-52,57,74,86-88H,6-8,11-12,21-31,33-34,69,73H2,1-3H3,(H2,70,89)(H2,71,90)(H2,72,91)(H,75,93)(H,76,92)(H,77,99)(H,78,96)(H,79,94)(H,80,97)(H,81,95)(H,82,98)(H,83,100)(H,84,101)(H,103,104)/t43-,44-,45-,46-,47-,48-,49-,50-,51-,52-,57-/m0/s1. The van der Waals surface area contributed by atoms with Gasteiger partial charge < -0.3 is 112 Å². The Hall–Kier alpha value is -10.9. The normalized spacial score (nSPS) is 15.5. The third-order valence-corrected chi connectivity index (χ3v) is 17.7. The zero-order valence-corrected chi connectivity index (χ0v) is 59.1. The van der Waals surface area contributed by atoms with Crippen LogP contribution in [0.15, 0.2) is 79.0 Å². The Labute approximate surface area is 608 Å². The van der Waals surface area contributed by atoms with Gasteiger partial charge in [-0.15, -0.1) is 0 Å². The summed E-state index contributed by atoms with van der Waals surface area (Å²) in [6.07, 6.45) is 0.566. The molecule has 36 nitrogen and oxygen atoms in total. The molecular weight excluding hydrogens is 1390 g/mol. The van der Waals surface area contributed by atoms with Crippen LogP contribution in [0.3, 0.4) is 0 Å². The molecule has 25 N–H and O–H groups in total. The SMILES string of the molecule is CSCC[C@H](NC(=O)[C@H](Cc1ccc(O)cc1)NC(=O)[C@H](Cc1ccc(O)cc1)NC(=O)[C@@H]1CCCN1C(=O)[C@H](CCC(N)=O)NC(=O)[C@H](CCCCN)NC(=O)[C@H](CO)NC(=O)[C@@H](N)C(C)C)C(=O)N[C@@H](Cc1c[nH]c2ccccc12)C(=O)N[C@@H](CC(N)=O)C(=O)NCC(=O)N[C@@H](CC(N)=O)C(=O)O. The first kappa shape index (κ1) is 84.7. The summed E-state index contributed by atoms with van der Waals surface area (Å²) in [6.45, 7) is 1.66. The van der Waals surface area contributed by atoms with Crippen LogP contribution in [0.5, 0.6) is 11.5 Å².